The predicted octanol–water partition coefficient (Wildman–Crippen LogP) is 10.6. The Hall–Kier alpha value is -6.81. The molecule has 8 aromatic carbocycles. The van der Waals surface area contributed by atoms with Gasteiger partial charge in [-0.05, 0) is 76.5 Å². The molecule has 0 unspecified atom stereocenters. The molecule has 254 valence electrons. The van der Waals surface area contributed by atoms with Crippen LogP contribution in [0.3, 0.4) is 0 Å². The summed E-state index contributed by atoms with van der Waals surface area (Å²) >= 11 is 0. The van der Waals surface area contributed by atoms with Crippen molar-refractivity contribution in [3.8, 4) is 17.1 Å². The molecule has 0 atom stereocenters. The number of rotatable bonds is 5. The van der Waals surface area contributed by atoms with E-state index in [-0.39, 0.29) is 0 Å². The van der Waals surface area contributed by atoms with Crippen LogP contribution in [0.2, 0.25) is 0 Å². The van der Waals surface area contributed by atoms with E-state index in [1.165, 1.54) is 0 Å². The van der Waals surface area contributed by atoms with Gasteiger partial charge < -0.3 is 4.57 Å². The van der Waals surface area contributed by atoms with Gasteiger partial charge in [-0.3, -0.25) is 8.97 Å². The number of aromatic nitrogens is 4. The smallest absolute Gasteiger partial charge is 0.221 e. The molecule has 54 heavy (non-hydrogen) atoms. The summed E-state index contributed by atoms with van der Waals surface area (Å²) in [7, 11) is -3.11. The molecule has 0 spiro atoms. The molecule has 3 heterocycles. The van der Waals surface area contributed by atoms with E-state index in [1.54, 1.807) is 0 Å². The molecule has 0 aliphatic carbocycles. The molecule has 5 nitrogen and oxygen atoms in total. The summed E-state index contributed by atoms with van der Waals surface area (Å²) in [5.74, 6) is 0.802. The van der Waals surface area contributed by atoms with Crippen molar-refractivity contribution in [2.24, 2.45) is 0 Å². The first-order valence-corrected chi connectivity index (χ1v) is 19.8. The van der Waals surface area contributed by atoms with Crippen LogP contribution in [0.25, 0.3) is 77.2 Å². The summed E-state index contributed by atoms with van der Waals surface area (Å²) in [6, 6.07) is 64.3. The minimum atomic E-state index is -3.11. The van der Waals surface area contributed by atoms with E-state index >= 15 is 4.57 Å². The second-order valence-corrected chi connectivity index (χ2v) is 16.6. The van der Waals surface area contributed by atoms with Crippen molar-refractivity contribution in [1.82, 2.24) is 18.9 Å². The molecule has 0 amide bonds. The van der Waals surface area contributed by atoms with Gasteiger partial charge in [0.1, 0.15) is 5.65 Å². The number of fused-ring (bicyclic) bond motifs is 9. The summed E-state index contributed by atoms with van der Waals surface area (Å²) in [6.45, 7) is 0. The van der Waals surface area contributed by atoms with Crippen LogP contribution in [0.4, 0.5) is 0 Å². The first-order chi connectivity index (χ1) is 26.6. The molecule has 0 saturated heterocycles. The molecular formula is C48H31N4OP. The van der Waals surface area contributed by atoms with Gasteiger partial charge in [0.25, 0.3) is 0 Å². The molecule has 0 aliphatic heterocycles. The third-order valence-corrected chi connectivity index (χ3v) is 13.8. The predicted molar refractivity (Wildman–Crippen MR) is 225 cm³/mol. The van der Waals surface area contributed by atoms with Gasteiger partial charge >= 0.3 is 0 Å². The Morgan fingerprint density at radius 1 is 0.407 bits per heavy atom. The summed E-state index contributed by atoms with van der Waals surface area (Å²) in [4.78, 5) is 10.4. The SMILES string of the molecule is O=P(c1ccccc1)(c1ccccc1)c1ccc2ccc(-c3ccc4c(c3)c3ccccc3n4-c3nc4ccccc4c4nc5ccccc5n34)cc2c1. The van der Waals surface area contributed by atoms with Crippen LogP contribution in [0, 0.1) is 0 Å². The van der Waals surface area contributed by atoms with Crippen molar-refractivity contribution in [1.29, 1.82) is 0 Å². The van der Waals surface area contributed by atoms with Crippen molar-refractivity contribution in [3.63, 3.8) is 0 Å². The van der Waals surface area contributed by atoms with Crippen LogP contribution in [-0.4, -0.2) is 18.9 Å². The normalized spacial score (nSPS) is 12.1. The van der Waals surface area contributed by atoms with E-state index in [4.69, 9.17) is 9.97 Å². The molecule has 0 radical (unpaired) electrons. The lowest BCUT2D eigenvalue weighted by Crippen LogP contribution is -2.24. The van der Waals surface area contributed by atoms with Crippen LogP contribution < -0.4 is 15.9 Å². The topological polar surface area (TPSA) is 52.2 Å². The maximum atomic E-state index is 15.2. The zero-order valence-corrected chi connectivity index (χ0v) is 29.9. The molecular weight excluding hydrogens is 680 g/mol. The Balaban J connectivity index is 1.11. The maximum absolute atomic E-state index is 15.2. The Morgan fingerprint density at radius 3 is 1.78 bits per heavy atom. The Morgan fingerprint density at radius 2 is 1.00 bits per heavy atom. The Kier molecular flexibility index (Phi) is 6.76. The lowest BCUT2D eigenvalue weighted by Gasteiger charge is -2.20. The van der Waals surface area contributed by atoms with Crippen molar-refractivity contribution in [2.75, 3.05) is 0 Å². The van der Waals surface area contributed by atoms with E-state index in [1.807, 2.05) is 84.9 Å². The second-order valence-electron chi connectivity index (χ2n) is 13.8. The summed E-state index contributed by atoms with van der Waals surface area (Å²) in [6.07, 6.45) is 0. The van der Waals surface area contributed by atoms with E-state index in [9.17, 15) is 0 Å². The molecule has 0 N–H and O–H groups in total. The van der Waals surface area contributed by atoms with E-state index in [2.05, 4.69) is 112 Å². The fourth-order valence-corrected chi connectivity index (χ4v) is 10.9. The average molecular weight is 711 g/mol. The number of benzene rings is 8. The second kappa shape index (κ2) is 11.9. The molecule has 0 fully saturated rings. The number of hydrogen-bond donors (Lipinski definition) is 0. The highest BCUT2D eigenvalue weighted by Gasteiger charge is 2.29. The van der Waals surface area contributed by atoms with E-state index in [0.29, 0.717) is 0 Å². The van der Waals surface area contributed by atoms with Gasteiger partial charge in [-0.2, -0.15) is 0 Å². The van der Waals surface area contributed by atoms with Gasteiger partial charge in [-0.15, -0.1) is 0 Å². The number of hydrogen-bond acceptors (Lipinski definition) is 3. The van der Waals surface area contributed by atoms with Gasteiger partial charge in [0.05, 0.1) is 27.6 Å². The van der Waals surface area contributed by atoms with Crippen LogP contribution in [0.5, 0.6) is 0 Å². The lowest BCUT2D eigenvalue weighted by atomic mass is 9.99. The van der Waals surface area contributed by atoms with Gasteiger partial charge in [0.2, 0.25) is 5.95 Å². The van der Waals surface area contributed by atoms with Gasteiger partial charge in [0, 0.05) is 32.1 Å². The zero-order chi connectivity index (χ0) is 35.8. The first-order valence-electron chi connectivity index (χ1n) is 18.1. The monoisotopic (exact) mass is 710 g/mol. The van der Waals surface area contributed by atoms with Crippen molar-refractivity contribution < 1.29 is 4.57 Å². The summed E-state index contributed by atoms with van der Waals surface area (Å²) in [5.41, 5.74) is 8.09. The number of nitrogens with zero attached hydrogens (tertiary/aromatic N) is 4. The van der Waals surface area contributed by atoms with Gasteiger partial charge in [-0.25, -0.2) is 9.97 Å². The molecule has 0 aliphatic rings. The van der Waals surface area contributed by atoms with Crippen molar-refractivity contribution in [3.05, 3.63) is 188 Å². The standard InChI is InChI=1S/C48H31N4OP/c53-54(36-13-3-1-4-14-36,37-15-5-2-6-16-37)38-27-25-32-23-24-33(29-35(32)30-38)34-26-28-45-41(31-34)39-17-8-11-21-44(39)51(45)48-50-42-19-9-7-18-40(42)47-49-43-20-10-12-22-46(43)52(47)48/h1-31H. The lowest BCUT2D eigenvalue weighted by molar-refractivity contribution is 0.592. The largest absolute Gasteiger partial charge is 0.309 e. The molecule has 11 rings (SSSR count). The number of imidazole rings is 1. The first kappa shape index (κ1) is 30.8. The highest BCUT2D eigenvalue weighted by molar-refractivity contribution is 7.85. The van der Waals surface area contributed by atoms with Crippen LogP contribution in [0.15, 0.2) is 188 Å². The molecule has 0 bridgehead atoms. The quantitative estimate of drug-likeness (QED) is 0.167. The fraction of sp³-hybridized carbons (Fsp3) is 0. The molecule has 6 heteroatoms. The minimum absolute atomic E-state index is 0.802. The van der Waals surface area contributed by atoms with Crippen molar-refractivity contribution in [2.45, 2.75) is 0 Å². The maximum Gasteiger partial charge on any atom is 0.221 e. The summed E-state index contributed by atoms with van der Waals surface area (Å²) < 4.78 is 19.7. The average Bonchev–Trinajstić information content (AvgIpc) is 3.80. The summed E-state index contributed by atoms with van der Waals surface area (Å²) in [5, 5.41) is 7.94. The van der Waals surface area contributed by atoms with E-state index in [0.717, 1.165) is 93.2 Å². The van der Waals surface area contributed by atoms with Gasteiger partial charge in [0.15, 0.2) is 7.14 Å². The van der Waals surface area contributed by atoms with Crippen LogP contribution in [0.1, 0.15) is 0 Å². The highest BCUT2D eigenvalue weighted by atomic mass is 31.2. The number of para-hydroxylation sites is 4. The van der Waals surface area contributed by atoms with Gasteiger partial charge in [-0.1, -0.05) is 133 Å². The minimum Gasteiger partial charge on any atom is -0.309 e. The Labute approximate surface area is 310 Å². The van der Waals surface area contributed by atoms with Crippen LogP contribution >= 0.6 is 7.14 Å². The molecule has 0 saturated carbocycles. The third kappa shape index (κ3) is 4.55. The Bertz CT molecular complexity index is 3270. The third-order valence-electron chi connectivity index (χ3n) is 10.8. The van der Waals surface area contributed by atoms with Crippen LogP contribution in [-0.2, 0) is 4.57 Å². The zero-order valence-electron chi connectivity index (χ0n) is 29.0. The van der Waals surface area contributed by atoms with E-state index < -0.39 is 7.14 Å². The fourth-order valence-electron chi connectivity index (χ4n) is 8.18. The van der Waals surface area contributed by atoms with Crippen molar-refractivity contribution >= 4 is 83.2 Å². The highest BCUT2D eigenvalue weighted by Crippen LogP contribution is 2.43. The molecule has 3 aromatic heterocycles. The molecule has 11 aromatic rings.